The molecule has 1 fully saturated rings. The quantitative estimate of drug-likeness (QED) is 0.729. The van der Waals surface area contributed by atoms with Crippen LogP contribution in [0, 0.1) is 0 Å². The van der Waals surface area contributed by atoms with E-state index in [1.54, 1.807) is 0 Å². The second-order valence-corrected chi connectivity index (χ2v) is 7.51. The van der Waals surface area contributed by atoms with Crippen molar-refractivity contribution in [1.82, 2.24) is 9.80 Å². The van der Waals surface area contributed by atoms with Crippen LogP contribution in [0.4, 0.5) is 0 Å². The number of nitrogens with zero attached hydrogens (tertiary/aromatic N) is 2. The first-order valence-corrected chi connectivity index (χ1v) is 10.1. The van der Waals surface area contributed by atoms with Gasteiger partial charge in [-0.25, -0.2) is 0 Å². The Balaban J connectivity index is 1.38. The van der Waals surface area contributed by atoms with E-state index < -0.39 is 0 Å². The smallest absolute Gasteiger partial charge is 0.260 e. The van der Waals surface area contributed by atoms with Crippen molar-refractivity contribution in [3.8, 4) is 5.75 Å². The van der Waals surface area contributed by atoms with Gasteiger partial charge in [-0.15, -0.1) is 0 Å². The first-order valence-electron chi connectivity index (χ1n) is 10.1. The minimum absolute atomic E-state index is 0.0624. The second kappa shape index (κ2) is 10.1. The Morgan fingerprint density at radius 3 is 2.32 bits per heavy atom. The fraction of sp³-hybridized carbons (Fsp3) is 0.375. The molecule has 4 nitrogen and oxygen atoms in total. The molecule has 1 heterocycles. The summed E-state index contributed by atoms with van der Waals surface area (Å²) in [5.74, 6) is 1.31. The highest BCUT2D eigenvalue weighted by atomic mass is 16.5. The summed E-state index contributed by atoms with van der Waals surface area (Å²) in [6, 6.07) is 18.3. The predicted octanol–water partition coefficient (Wildman–Crippen LogP) is 4.05. The highest BCUT2D eigenvalue weighted by Crippen LogP contribution is 2.18. The van der Waals surface area contributed by atoms with Crippen molar-refractivity contribution in [3.63, 3.8) is 0 Å². The summed E-state index contributed by atoms with van der Waals surface area (Å²) in [4.78, 5) is 16.7. The van der Waals surface area contributed by atoms with Crippen LogP contribution >= 0.6 is 0 Å². The van der Waals surface area contributed by atoms with Crippen LogP contribution in [-0.2, 0) is 4.79 Å². The van der Waals surface area contributed by atoms with Crippen LogP contribution in [0.3, 0.4) is 0 Å². The number of carbonyl (C=O) groups is 1. The fourth-order valence-corrected chi connectivity index (χ4v) is 3.27. The largest absolute Gasteiger partial charge is 0.484 e. The van der Waals surface area contributed by atoms with E-state index in [2.05, 4.69) is 55.2 Å². The predicted molar refractivity (Wildman–Crippen MR) is 115 cm³/mol. The molecule has 0 N–H and O–H groups in total. The van der Waals surface area contributed by atoms with Gasteiger partial charge in [-0.1, -0.05) is 68.5 Å². The molecule has 0 saturated carbocycles. The Morgan fingerprint density at radius 2 is 1.68 bits per heavy atom. The van der Waals surface area contributed by atoms with Crippen molar-refractivity contribution in [3.05, 3.63) is 71.8 Å². The highest BCUT2D eigenvalue weighted by molar-refractivity contribution is 5.77. The molecule has 0 unspecified atom stereocenters. The fourth-order valence-electron chi connectivity index (χ4n) is 3.27. The molecule has 28 heavy (non-hydrogen) atoms. The van der Waals surface area contributed by atoms with Crippen LogP contribution in [0.2, 0.25) is 0 Å². The van der Waals surface area contributed by atoms with Gasteiger partial charge in [0, 0.05) is 32.7 Å². The number of benzene rings is 2. The molecule has 0 aliphatic carbocycles. The van der Waals surface area contributed by atoms with Gasteiger partial charge >= 0.3 is 0 Å². The molecule has 3 rings (SSSR count). The summed E-state index contributed by atoms with van der Waals surface area (Å²) in [5.41, 5.74) is 2.49. The van der Waals surface area contributed by atoms with E-state index in [-0.39, 0.29) is 12.5 Å². The molecular weight excluding hydrogens is 348 g/mol. The second-order valence-electron chi connectivity index (χ2n) is 7.51. The number of ether oxygens (including phenoxy) is 1. The normalized spacial score (nSPS) is 15.3. The van der Waals surface area contributed by atoms with Crippen molar-refractivity contribution in [2.45, 2.75) is 19.8 Å². The lowest BCUT2D eigenvalue weighted by molar-refractivity contribution is -0.135. The van der Waals surface area contributed by atoms with E-state index in [0.717, 1.165) is 38.5 Å². The Hall–Kier alpha value is -2.59. The van der Waals surface area contributed by atoms with Crippen LogP contribution in [0.15, 0.2) is 60.7 Å². The van der Waals surface area contributed by atoms with E-state index in [1.807, 2.05) is 35.2 Å². The zero-order chi connectivity index (χ0) is 19.8. The Bertz CT molecular complexity index is 761. The number of hydrogen-bond acceptors (Lipinski definition) is 3. The number of carbonyl (C=O) groups excluding carboxylic acids is 1. The van der Waals surface area contributed by atoms with E-state index >= 15 is 0 Å². The van der Waals surface area contributed by atoms with Gasteiger partial charge in [0.1, 0.15) is 5.75 Å². The molecule has 0 atom stereocenters. The Kier molecular flexibility index (Phi) is 7.26. The molecule has 0 radical (unpaired) electrons. The molecular formula is C24H30N2O2. The molecule has 1 aliphatic rings. The lowest BCUT2D eigenvalue weighted by Gasteiger charge is -2.34. The van der Waals surface area contributed by atoms with E-state index in [4.69, 9.17) is 4.74 Å². The topological polar surface area (TPSA) is 32.8 Å². The summed E-state index contributed by atoms with van der Waals surface area (Å²) in [6.45, 7) is 8.65. The first kappa shape index (κ1) is 20.2. The maximum atomic E-state index is 12.4. The molecule has 2 aromatic rings. The minimum atomic E-state index is 0.0624. The molecule has 4 heteroatoms. The molecule has 0 aromatic heterocycles. The van der Waals surface area contributed by atoms with Crippen molar-refractivity contribution in [2.24, 2.45) is 0 Å². The third-order valence-corrected chi connectivity index (χ3v) is 5.11. The number of amides is 1. The van der Waals surface area contributed by atoms with Gasteiger partial charge in [-0.3, -0.25) is 9.69 Å². The standard InChI is InChI=1S/C24H30N2O2/c1-20(2)22-10-12-23(13-11-22)28-19-24(27)26-17-15-25(16-18-26)14-6-9-21-7-4-3-5-8-21/h3-13,20H,14-19H2,1-2H3/b9-6+. The van der Waals surface area contributed by atoms with Gasteiger partial charge in [-0.05, 0) is 29.2 Å². The highest BCUT2D eigenvalue weighted by Gasteiger charge is 2.20. The van der Waals surface area contributed by atoms with Crippen molar-refractivity contribution in [2.75, 3.05) is 39.3 Å². The Morgan fingerprint density at radius 1 is 1.00 bits per heavy atom. The third kappa shape index (κ3) is 5.96. The van der Waals surface area contributed by atoms with Crippen LogP contribution in [-0.4, -0.2) is 55.0 Å². The SMILES string of the molecule is CC(C)c1ccc(OCC(=O)N2CCN(C/C=C/c3ccccc3)CC2)cc1. The molecule has 148 valence electrons. The molecule has 1 amide bonds. The number of hydrogen-bond donors (Lipinski definition) is 0. The van der Waals surface area contributed by atoms with Gasteiger partial charge in [0.25, 0.3) is 5.91 Å². The van der Waals surface area contributed by atoms with Gasteiger partial charge in [0.15, 0.2) is 6.61 Å². The van der Waals surface area contributed by atoms with Gasteiger partial charge in [0.2, 0.25) is 0 Å². The van der Waals surface area contributed by atoms with E-state index in [0.29, 0.717) is 5.92 Å². The van der Waals surface area contributed by atoms with Crippen molar-refractivity contribution < 1.29 is 9.53 Å². The zero-order valence-corrected chi connectivity index (χ0v) is 16.9. The third-order valence-electron chi connectivity index (χ3n) is 5.11. The van der Waals surface area contributed by atoms with Crippen LogP contribution in [0.5, 0.6) is 5.75 Å². The minimum Gasteiger partial charge on any atom is -0.484 e. The van der Waals surface area contributed by atoms with Gasteiger partial charge in [-0.2, -0.15) is 0 Å². The first-order chi connectivity index (χ1) is 13.6. The van der Waals surface area contributed by atoms with Crippen molar-refractivity contribution in [1.29, 1.82) is 0 Å². The van der Waals surface area contributed by atoms with Gasteiger partial charge in [0.05, 0.1) is 0 Å². The summed E-state index contributed by atoms with van der Waals surface area (Å²) < 4.78 is 5.68. The number of rotatable bonds is 7. The monoisotopic (exact) mass is 378 g/mol. The van der Waals surface area contributed by atoms with Crippen LogP contribution in [0.1, 0.15) is 30.9 Å². The molecule has 0 bridgehead atoms. The van der Waals surface area contributed by atoms with E-state index in [9.17, 15) is 4.79 Å². The van der Waals surface area contributed by atoms with Gasteiger partial charge < -0.3 is 9.64 Å². The Labute approximate surface area is 168 Å². The maximum Gasteiger partial charge on any atom is 0.260 e. The summed E-state index contributed by atoms with van der Waals surface area (Å²) in [6.07, 6.45) is 4.34. The average molecular weight is 379 g/mol. The lowest BCUT2D eigenvalue weighted by Crippen LogP contribution is -2.49. The average Bonchev–Trinajstić information content (AvgIpc) is 2.73. The molecule has 1 saturated heterocycles. The van der Waals surface area contributed by atoms with Crippen molar-refractivity contribution >= 4 is 12.0 Å². The van der Waals surface area contributed by atoms with Crippen LogP contribution in [0.25, 0.3) is 6.08 Å². The van der Waals surface area contributed by atoms with Crippen LogP contribution < -0.4 is 4.74 Å². The molecule has 1 aliphatic heterocycles. The lowest BCUT2D eigenvalue weighted by atomic mass is 10.0. The van der Waals surface area contributed by atoms with E-state index in [1.165, 1.54) is 11.1 Å². The maximum absolute atomic E-state index is 12.4. The zero-order valence-electron chi connectivity index (χ0n) is 16.9. The molecule has 0 spiro atoms. The molecule has 2 aromatic carbocycles. The summed E-state index contributed by atoms with van der Waals surface area (Å²) >= 11 is 0. The summed E-state index contributed by atoms with van der Waals surface area (Å²) in [5, 5.41) is 0. The summed E-state index contributed by atoms with van der Waals surface area (Å²) in [7, 11) is 0. The number of piperazine rings is 1.